The minimum atomic E-state index is -0.887. The molecule has 0 spiro atoms. The van der Waals surface area contributed by atoms with Gasteiger partial charge in [-0.2, -0.15) is 0 Å². The van der Waals surface area contributed by atoms with Crippen molar-refractivity contribution in [3.8, 4) is 18.1 Å². The van der Waals surface area contributed by atoms with Gasteiger partial charge in [0.15, 0.2) is 5.78 Å². The molecule has 2 aliphatic heterocycles. The third-order valence-electron chi connectivity index (χ3n) is 6.55. The Morgan fingerprint density at radius 3 is 2.62 bits per heavy atom. The second kappa shape index (κ2) is 8.84. The van der Waals surface area contributed by atoms with Crippen LogP contribution in [-0.2, 0) is 16.1 Å². The number of Topliss-reactive ketones (excluding diaryl/α,β-unsaturated/α-hetero) is 2. The predicted octanol–water partition coefficient (Wildman–Crippen LogP) is 1.86. The molecule has 1 atom stereocenters. The lowest BCUT2D eigenvalue weighted by Gasteiger charge is -2.39. The van der Waals surface area contributed by atoms with Gasteiger partial charge in [0.1, 0.15) is 17.2 Å². The molecule has 1 unspecified atom stereocenters. The number of aromatic nitrogens is 1. The number of rotatable bonds is 6. The molecule has 0 radical (unpaired) electrons. The summed E-state index contributed by atoms with van der Waals surface area (Å²) in [7, 11) is 0. The first kappa shape index (κ1) is 22.0. The van der Waals surface area contributed by atoms with E-state index in [-0.39, 0.29) is 42.0 Å². The molecule has 2 amide bonds. The van der Waals surface area contributed by atoms with E-state index < -0.39 is 17.9 Å². The smallest absolute Gasteiger partial charge is 0.266 e. The van der Waals surface area contributed by atoms with Gasteiger partial charge in [-0.1, -0.05) is 18.1 Å². The zero-order valence-electron chi connectivity index (χ0n) is 18.5. The van der Waals surface area contributed by atoms with Crippen molar-refractivity contribution in [1.29, 1.82) is 0 Å². The Hall–Kier alpha value is -3.83. The first-order valence-electron chi connectivity index (χ1n) is 11.3. The number of hydrogen-bond donors (Lipinski definition) is 0. The summed E-state index contributed by atoms with van der Waals surface area (Å²) < 4.78 is 5.98. The fraction of sp³-hybridized carbons (Fsp3) is 0.346. The van der Waals surface area contributed by atoms with Gasteiger partial charge >= 0.3 is 0 Å². The second-order valence-electron chi connectivity index (χ2n) is 8.96. The topological polar surface area (TPSA) is 96.9 Å². The highest BCUT2D eigenvalue weighted by molar-refractivity contribution is 6.24. The Morgan fingerprint density at radius 1 is 1.09 bits per heavy atom. The number of carbonyl (C=O) groups excluding carboxylic acids is 4. The molecule has 0 N–H and O–H groups in total. The SMILES string of the molecule is C#Cc1ccc(CN2CC(COc3cccc4c3C(=O)N(C3CCC(=O)CC3=O)C4=O)C2)cn1. The lowest BCUT2D eigenvalue weighted by Crippen LogP contribution is -2.48. The molecule has 1 aromatic carbocycles. The molecule has 1 saturated heterocycles. The van der Waals surface area contributed by atoms with Crippen LogP contribution < -0.4 is 4.74 Å². The summed E-state index contributed by atoms with van der Waals surface area (Å²) in [5, 5.41) is 0. The van der Waals surface area contributed by atoms with Crippen molar-refractivity contribution in [2.24, 2.45) is 5.92 Å². The Balaban J connectivity index is 1.20. The van der Waals surface area contributed by atoms with Crippen LogP contribution in [0.1, 0.15) is 51.2 Å². The number of ketones is 2. The Labute approximate surface area is 196 Å². The van der Waals surface area contributed by atoms with Gasteiger partial charge in [0.25, 0.3) is 11.8 Å². The maximum Gasteiger partial charge on any atom is 0.266 e. The number of pyridine rings is 1. The highest BCUT2D eigenvalue weighted by Crippen LogP contribution is 2.35. The van der Waals surface area contributed by atoms with Crippen molar-refractivity contribution in [3.63, 3.8) is 0 Å². The second-order valence-corrected chi connectivity index (χ2v) is 8.96. The monoisotopic (exact) mass is 457 g/mol. The van der Waals surface area contributed by atoms with Crippen LogP contribution in [0.5, 0.6) is 5.75 Å². The van der Waals surface area contributed by atoms with Crippen molar-refractivity contribution in [3.05, 3.63) is 58.9 Å². The van der Waals surface area contributed by atoms with E-state index in [1.165, 1.54) is 0 Å². The predicted molar refractivity (Wildman–Crippen MR) is 121 cm³/mol. The van der Waals surface area contributed by atoms with Crippen LogP contribution in [0.4, 0.5) is 0 Å². The van der Waals surface area contributed by atoms with Crippen LogP contribution in [0.25, 0.3) is 0 Å². The molecular formula is C26H23N3O5. The van der Waals surface area contributed by atoms with E-state index in [0.717, 1.165) is 30.1 Å². The maximum absolute atomic E-state index is 13.1. The van der Waals surface area contributed by atoms with Crippen molar-refractivity contribution in [2.75, 3.05) is 19.7 Å². The van der Waals surface area contributed by atoms with E-state index >= 15 is 0 Å². The number of carbonyl (C=O) groups is 4. The molecule has 2 fully saturated rings. The van der Waals surface area contributed by atoms with Crippen molar-refractivity contribution in [2.45, 2.75) is 31.8 Å². The van der Waals surface area contributed by atoms with E-state index in [9.17, 15) is 19.2 Å². The summed E-state index contributed by atoms with van der Waals surface area (Å²) in [6, 6.07) is 7.84. The van der Waals surface area contributed by atoms with Crippen LogP contribution in [0.3, 0.4) is 0 Å². The standard InChI is InChI=1S/C26H23N3O5/c1-2-18-7-6-16(11-27-18)12-28-13-17(14-28)15-34-23-5-3-4-20-24(23)26(33)29(25(20)32)21-9-8-19(30)10-22(21)31/h1,3-7,11,17,21H,8-10,12-15H2. The summed E-state index contributed by atoms with van der Waals surface area (Å²) in [4.78, 5) is 57.5. The molecule has 2 aromatic rings. The summed E-state index contributed by atoms with van der Waals surface area (Å²) in [6.07, 6.45) is 7.26. The van der Waals surface area contributed by atoms with E-state index in [0.29, 0.717) is 24.0 Å². The fourth-order valence-corrected chi connectivity index (χ4v) is 4.79. The minimum Gasteiger partial charge on any atom is -0.492 e. The molecule has 8 heteroatoms. The summed E-state index contributed by atoms with van der Waals surface area (Å²) in [5.41, 5.74) is 2.14. The molecule has 1 aromatic heterocycles. The van der Waals surface area contributed by atoms with Gasteiger partial charge in [0.05, 0.1) is 30.2 Å². The number of nitrogens with zero attached hydrogens (tertiary/aromatic N) is 3. The number of likely N-dealkylation sites (tertiary alicyclic amines) is 1. The first-order chi connectivity index (χ1) is 16.4. The molecule has 5 rings (SSSR count). The van der Waals surface area contributed by atoms with E-state index in [1.807, 2.05) is 12.1 Å². The van der Waals surface area contributed by atoms with Gasteiger partial charge in [-0.05, 0) is 30.2 Å². The van der Waals surface area contributed by atoms with Crippen LogP contribution in [-0.4, -0.2) is 63.9 Å². The third-order valence-corrected chi connectivity index (χ3v) is 6.55. The molecule has 1 aliphatic carbocycles. The van der Waals surface area contributed by atoms with Gasteiger partial charge in [-0.15, -0.1) is 6.42 Å². The Kier molecular flexibility index (Phi) is 5.72. The van der Waals surface area contributed by atoms with Crippen molar-refractivity contribution >= 4 is 23.4 Å². The molecule has 3 aliphatic rings. The minimum absolute atomic E-state index is 0.155. The average Bonchev–Trinajstić information content (AvgIpc) is 3.06. The van der Waals surface area contributed by atoms with Crippen molar-refractivity contribution in [1.82, 2.24) is 14.8 Å². The van der Waals surface area contributed by atoms with Gasteiger partial charge in [0, 0.05) is 38.2 Å². The summed E-state index contributed by atoms with van der Waals surface area (Å²) >= 11 is 0. The third kappa shape index (κ3) is 3.99. The molecular weight excluding hydrogens is 434 g/mol. The summed E-state index contributed by atoms with van der Waals surface area (Å²) in [6.45, 7) is 2.87. The number of fused-ring (bicyclic) bond motifs is 1. The zero-order valence-corrected chi connectivity index (χ0v) is 18.5. The molecule has 1 saturated carbocycles. The molecule has 34 heavy (non-hydrogen) atoms. The molecule has 0 bridgehead atoms. The number of hydrogen-bond acceptors (Lipinski definition) is 7. The number of amides is 2. The largest absolute Gasteiger partial charge is 0.492 e. The Bertz CT molecular complexity index is 1220. The Morgan fingerprint density at radius 2 is 1.91 bits per heavy atom. The van der Waals surface area contributed by atoms with Crippen LogP contribution >= 0.6 is 0 Å². The first-order valence-corrected chi connectivity index (χ1v) is 11.3. The summed E-state index contributed by atoms with van der Waals surface area (Å²) in [5.74, 6) is 1.58. The van der Waals surface area contributed by atoms with E-state index in [1.54, 1.807) is 24.4 Å². The van der Waals surface area contributed by atoms with Crippen molar-refractivity contribution < 1.29 is 23.9 Å². The number of ether oxygens (including phenoxy) is 1. The van der Waals surface area contributed by atoms with Gasteiger partial charge in [0.2, 0.25) is 0 Å². The lowest BCUT2D eigenvalue weighted by atomic mass is 9.92. The number of imide groups is 1. The lowest BCUT2D eigenvalue weighted by molar-refractivity contribution is -0.132. The van der Waals surface area contributed by atoms with Crippen LogP contribution in [0.2, 0.25) is 0 Å². The molecule has 3 heterocycles. The van der Waals surface area contributed by atoms with Gasteiger partial charge < -0.3 is 4.74 Å². The van der Waals surface area contributed by atoms with E-state index in [4.69, 9.17) is 11.2 Å². The average molecular weight is 457 g/mol. The zero-order chi connectivity index (χ0) is 23.8. The number of benzene rings is 1. The highest BCUT2D eigenvalue weighted by Gasteiger charge is 2.45. The quantitative estimate of drug-likeness (QED) is 0.371. The molecule has 8 nitrogen and oxygen atoms in total. The molecule has 172 valence electrons. The number of terminal acetylenes is 1. The maximum atomic E-state index is 13.1. The van der Waals surface area contributed by atoms with E-state index in [2.05, 4.69) is 15.8 Å². The van der Waals surface area contributed by atoms with Gasteiger partial charge in [-0.3, -0.25) is 29.0 Å². The van der Waals surface area contributed by atoms with Gasteiger partial charge in [-0.25, -0.2) is 4.98 Å². The van der Waals surface area contributed by atoms with Crippen LogP contribution in [0.15, 0.2) is 36.5 Å². The highest BCUT2D eigenvalue weighted by atomic mass is 16.5. The van der Waals surface area contributed by atoms with Crippen LogP contribution in [0, 0.1) is 18.3 Å². The fourth-order valence-electron chi connectivity index (χ4n) is 4.79. The normalized spacial score (nSPS) is 20.8.